The number of aromatic nitrogens is 1. The van der Waals surface area contributed by atoms with Crippen molar-refractivity contribution in [3.63, 3.8) is 0 Å². The third-order valence-electron chi connectivity index (χ3n) is 5.98. The number of amides is 2. The van der Waals surface area contributed by atoms with Gasteiger partial charge in [0, 0.05) is 30.1 Å². The molecule has 0 bridgehead atoms. The Kier molecular flexibility index (Phi) is 5.54. The lowest BCUT2D eigenvalue weighted by molar-refractivity contribution is -0.124. The van der Waals surface area contributed by atoms with Gasteiger partial charge in [0.1, 0.15) is 0 Å². The van der Waals surface area contributed by atoms with Gasteiger partial charge in [-0.3, -0.25) is 14.5 Å². The second kappa shape index (κ2) is 8.11. The van der Waals surface area contributed by atoms with Gasteiger partial charge < -0.3 is 4.90 Å². The quantitative estimate of drug-likeness (QED) is 0.695. The molecule has 2 aliphatic rings. The Morgan fingerprint density at radius 3 is 2.90 bits per heavy atom. The summed E-state index contributed by atoms with van der Waals surface area (Å²) in [6.07, 6.45) is 6.36. The molecular formula is C23H27N3O2S. The normalized spacial score (nSPS) is 18.6. The number of aryl methyl sites for hydroxylation is 3. The molecule has 1 aromatic carbocycles. The molecular weight excluding hydrogens is 382 g/mol. The second-order valence-electron chi connectivity index (χ2n) is 7.94. The average molecular weight is 410 g/mol. The molecule has 1 aliphatic heterocycles. The first kappa shape index (κ1) is 19.8. The number of carbonyl (C=O) groups excluding carboxylic acids is 2. The van der Waals surface area contributed by atoms with Gasteiger partial charge in [0.25, 0.3) is 0 Å². The van der Waals surface area contributed by atoms with Gasteiger partial charge in [-0.1, -0.05) is 18.2 Å². The van der Waals surface area contributed by atoms with Crippen LogP contribution in [0.2, 0.25) is 0 Å². The Morgan fingerprint density at radius 2 is 2.14 bits per heavy atom. The summed E-state index contributed by atoms with van der Waals surface area (Å²) in [4.78, 5) is 35.7. The number of hydrogen-bond acceptors (Lipinski definition) is 4. The molecule has 29 heavy (non-hydrogen) atoms. The van der Waals surface area contributed by atoms with E-state index >= 15 is 0 Å². The standard InChI is InChI=1S/C23H27N3O2S/c1-4-12-25(23-24-18-9-5-6-11-20(18)29-23)22(28)17-13-21(27)26(14-17)19-10-7-8-15(2)16(19)3/h4,7-8,10,17H,1,5-6,9,11-14H2,2-3H3/t17-/m1/s1. The molecule has 2 heterocycles. The number of thiazole rings is 1. The average Bonchev–Trinajstić information content (AvgIpc) is 3.31. The van der Waals surface area contributed by atoms with Gasteiger partial charge in [-0.05, 0) is 56.7 Å². The Balaban J connectivity index is 1.57. The van der Waals surface area contributed by atoms with Crippen LogP contribution in [0, 0.1) is 19.8 Å². The molecule has 1 saturated heterocycles. The maximum absolute atomic E-state index is 13.4. The fraction of sp³-hybridized carbons (Fsp3) is 0.435. The minimum Gasteiger partial charge on any atom is -0.311 e. The van der Waals surface area contributed by atoms with Gasteiger partial charge >= 0.3 is 0 Å². The first-order chi connectivity index (χ1) is 14.0. The summed E-state index contributed by atoms with van der Waals surface area (Å²) in [5.74, 6) is -0.380. The molecule has 2 amide bonds. The van der Waals surface area contributed by atoms with Crippen molar-refractivity contribution in [3.8, 4) is 0 Å². The van der Waals surface area contributed by atoms with E-state index in [4.69, 9.17) is 4.98 Å². The largest absolute Gasteiger partial charge is 0.311 e. The molecule has 0 spiro atoms. The smallest absolute Gasteiger partial charge is 0.234 e. The lowest BCUT2D eigenvalue weighted by Gasteiger charge is -2.23. The molecule has 4 rings (SSSR count). The third-order valence-corrected chi connectivity index (χ3v) is 7.16. The number of fused-ring (bicyclic) bond motifs is 1. The van der Waals surface area contributed by atoms with Crippen LogP contribution in [0.1, 0.15) is 41.0 Å². The van der Waals surface area contributed by atoms with E-state index in [0.29, 0.717) is 13.1 Å². The van der Waals surface area contributed by atoms with Crippen molar-refractivity contribution in [3.05, 3.63) is 52.6 Å². The molecule has 152 valence electrons. The number of rotatable bonds is 5. The van der Waals surface area contributed by atoms with E-state index in [1.54, 1.807) is 27.2 Å². The van der Waals surface area contributed by atoms with Crippen LogP contribution in [0.25, 0.3) is 0 Å². The molecule has 0 radical (unpaired) electrons. The number of benzene rings is 1. The molecule has 2 aromatic rings. The maximum Gasteiger partial charge on any atom is 0.234 e. The van der Waals surface area contributed by atoms with Crippen LogP contribution in [-0.2, 0) is 22.4 Å². The van der Waals surface area contributed by atoms with Gasteiger partial charge in [-0.25, -0.2) is 4.98 Å². The van der Waals surface area contributed by atoms with Gasteiger partial charge in [-0.15, -0.1) is 17.9 Å². The van der Waals surface area contributed by atoms with Crippen molar-refractivity contribution in [1.82, 2.24) is 4.98 Å². The van der Waals surface area contributed by atoms with Gasteiger partial charge in [0.05, 0.1) is 11.6 Å². The monoisotopic (exact) mass is 409 g/mol. The summed E-state index contributed by atoms with van der Waals surface area (Å²) in [5, 5.41) is 0.749. The number of anilines is 2. The minimum atomic E-state index is -0.358. The molecule has 1 atom stereocenters. The van der Waals surface area contributed by atoms with Crippen molar-refractivity contribution in [2.75, 3.05) is 22.9 Å². The summed E-state index contributed by atoms with van der Waals surface area (Å²) < 4.78 is 0. The van der Waals surface area contributed by atoms with Crippen LogP contribution in [-0.4, -0.2) is 29.9 Å². The van der Waals surface area contributed by atoms with Crippen LogP contribution in [0.3, 0.4) is 0 Å². The van der Waals surface area contributed by atoms with Gasteiger partial charge in [0.15, 0.2) is 5.13 Å². The predicted molar refractivity (Wildman–Crippen MR) is 118 cm³/mol. The van der Waals surface area contributed by atoms with Crippen LogP contribution in [0.5, 0.6) is 0 Å². The summed E-state index contributed by atoms with van der Waals surface area (Å²) in [6.45, 7) is 8.72. The predicted octanol–water partition coefficient (Wildman–Crippen LogP) is 4.21. The van der Waals surface area contributed by atoms with Crippen molar-refractivity contribution >= 4 is 34.0 Å². The first-order valence-electron chi connectivity index (χ1n) is 10.3. The fourth-order valence-electron chi connectivity index (χ4n) is 4.20. The molecule has 5 nitrogen and oxygen atoms in total. The maximum atomic E-state index is 13.4. The van der Waals surface area contributed by atoms with Crippen molar-refractivity contribution in [2.45, 2.75) is 46.0 Å². The molecule has 0 saturated carbocycles. The van der Waals surface area contributed by atoms with E-state index in [9.17, 15) is 9.59 Å². The summed E-state index contributed by atoms with van der Waals surface area (Å²) in [6, 6.07) is 5.96. The van der Waals surface area contributed by atoms with E-state index in [-0.39, 0.29) is 24.2 Å². The van der Waals surface area contributed by atoms with E-state index in [1.807, 2.05) is 32.0 Å². The third kappa shape index (κ3) is 3.73. The van der Waals surface area contributed by atoms with E-state index in [1.165, 1.54) is 11.3 Å². The lowest BCUT2D eigenvalue weighted by atomic mass is 10.0. The zero-order valence-corrected chi connectivity index (χ0v) is 17.9. The van der Waals surface area contributed by atoms with E-state index < -0.39 is 0 Å². The van der Waals surface area contributed by atoms with E-state index in [2.05, 4.69) is 6.58 Å². The van der Waals surface area contributed by atoms with Crippen LogP contribution >= 0.6 is 11.3 Å². The fourth-order valence-corrected chi connectivity index (χ4v) is 5.36. The first-order valence-corrected chi connectivity index (χ1v) is 11.1. The van der Waals surface area contributed by atoms with Crippen LogP contribution in [0.15, 0.2) is 30.9 Å². The van der Waals surface area contributed by atoms with Crippen molar-refractivity contribution < 1.29 is 9.59 Å². The minimum absolute atomic E-state index is 0.00837. The SMILES string of the molecule is C=CCN(C(=O)[C@@H]1CC(=O)N(c2cccc(C)c2C)C1)c1nc2c(s1)CCCC2. The Labute approximate surface area is 176 Å². The highest BCUT2D eigenvalue weighted by Crippen LogP contribution is 2.35. The number of hydrogen-bond donors (Lipinski definition) is 0. The van der Waals surface area contributed by atoms with Crippen molar-refractivity contribution in [1.29, 1.82) is 0 Å². The molecule has 1 aromatic heterocycles. The Morgan fingerprint density at radius 1 is 1.34 bits per heavy atom. The number of carbonyl (C=O) groups is 2. The molecule has 0 N–H and O–H groups in total. The van der Waals surface area contributed by atoms with Crippen LogP contribution < -0.4 is 9.80 Å². The Bertz CT molecular complexity index is 942. The van der Waals surface area contributed by atoms with Gasteiger partial charge in [0.2, 0.25) is 11.8 Å². The highest BCUT2D eigenvalue weighted by atomic mass is 32.1. The van der Waals surface area contributed by atoms with Crippen LogP contribution in [0.4, 0.5) is 10.8 Å². The molecule has 1 aliphatic carbocycles. The van der Waals surface area contributed by atoms with Crippen molar-refractivity contribution in [2.24, 2.45) is 5.92 Å². The molecule has 1 fully saturated rings. The van der Waals surface area contributed by atoms with E-state index in [0.717, 1.165) is 46.9 Å². The summed E-state index contributed by atoms with van der Waals surface area (Å²) in [7, 11) is 0. The zero-order chi connectivity index (χ0) is 20.5. The number of nitrogens with zero attached hydrogens (tertiary/aromatic N) is 3. The molecule has 0 unspecified atom stereocenters. The summed E-state index contributed by atoms with van der Waals surface area (Å²) in [5.41, 5.74) is 4.28. The summed E-state index contributed by atoms with van der Waals surface area (Å²) >= 11 is 1.62. The Hall–Kier alpha value is -2.47. The second-order valence-corrected chi connectivity index (χ2v) is 9.00. The molecule has 6 heteroatoms. The lowest BCUT2D eigenvalue weighted by Crippen LogP contribution is -2.37. The topological polar surface area (TPSA) is 53.5 Å². The highest BCUT2D eigenvalue weighted by Gasteiger charge is 2.38. The van der Waals surface area contributed by atoms with Gasteiger partial charge in [-0.2, -0.15) is 0 Å². The highest BCUT2D eigenvalue weighted by molar-refractivity contribution is 7.16. The zero-order valence-electron chi connectivity index (χ0n) is 17.1.